The van der Waals surface area contributed by atoms with Crippen molar-refractivity contribution in [2.45, 2.75) is 12.5 Å². The summed E-state index contributed by atoms with van der Waals surface area (Å²) in [6.07, 6.45) is -4.56. The highest BCUT2D eigenvalue weighted by atomic mass is 32.1. The van der Waals surface area contributed by atoms with Crippen molar-refractivity contribution in [2.75, 3.05) is 49.1 Å². The Labute approximate surface area is 179 Å². The number of urea groups is 1. The molecule has 2 aliphatic rings. The predicted molar refractivity (Wildman–Crippen MR) is 105 cm³/mol. The van der Waals surface area contributed by atoms with E-state index in [4.69, 9.17) is 15.3 Å². The summed E-state index contributed by atoms with van der Waals surface area (Å²) in [7, 11) is 0. The fourth-order valence-corrected chi connectivity index (χ4v) is 3.27. The molecule has 2 heterocycles. The molecule has 0 aromatic heterocycles. The van der Waals surface area contributed by atoms with E-state index in [-0.39, 0.29) is 50.7 Å². The Hall–Kier alpha value is -2.87. The van der Waals surface area contributed by atoms with E-state index in [1.165, 1.54) is 4.90 Å². The van der Waals surface area contributed by atoms with E-state index >= 15 is 0 Å². The highest BCUT2D eigenvalue weighted by Gasteiger charge is 2.34. The number of hydrogen-bond acceptors (Lipinski definition) is 6. The Morgan fingerprint density at radius 2 is 1.94 bits per heavy atom. The van der Waals surface area contributed by atoms with Crippen molar-refractivity contribution in [1.29, 1.82) is 0 Å². The van der Waals surface area contributed by atoms with Crippen LogP contribution in [0.4, 0.5) is 38.5 Å². The third kappa shape index (κ3) is 5.25. The minimum absolute atomic E-state index is 0.00355. The first-order valence-electron chi connectivity index (χ1n) is 9.15. The molecule has 3 N–H and O–H groups in total. The Balaban J connectivity index is 1.71. The molecule has 3 amide bonds. The van der Waals surface area contributed by atoms with Crippen LogP contribution in [0.25, 0.3) is 0 Å². The maximum atomic E-state index is 14.8. The Bertz CT molecular complexity index is 854. The number of thiocarbonyl (C=S) groups is 1. The van der Waals surface area contributed by atoms with Gasteiger partial charge in [-0.05, 0) is 0 Å². The molecule has 0 unspecified atom stereocenters. The molecular weight excluding hydrogens is 446 g/mol. The van der Waals surface area contributed by atoms with Crippen LogP contribution >= 0.6 is 12.2 Å². The van der Waals surface area contributed by atoms with E-state index in [1.807, 2.05) is 0 Å². The minimum Gasteiger partial charge on any atom is -0.442 e. The summed E-state index contributed by atoms with van der Waals surface area (Å²) in [5, 5.41) is 3.18. The van der Waals surface area contributed by atoms with Gasteiger partial charge >= 0.3 is 12.1 Å². The van der Waals surface area contributed by atoms with Crippen molar-refractivity contribution in [3.05, 3.63) is 23.8 Å². The first-order chi connectivity index (χ1) is 14.7. The van der Waals surface area contributed by atoms with Crippen LogP contribution < -0.4 is 20.9 Å². The molecule has 1 atom stereocenters. The fourth-order valence-electron chi connectivity index (χ4n) is 3.19. The highest BCUT2D eigenvalue weighted by Crippen LogP contribution is 2.31. The number of hydrogen-bond donors (Lipinski definition) is 2. The SMILES string of the molecule is NC(=O)N1CCN(c2c(F)cc(N3C[C@H](CNC(=S)C(F)F)OC3=O)cc2F)CCO1. The van der Waals surface area contributed by atoms with Gasteiger partial charge in [0.2, 0.25) is 0 Å². The first kappa shape index (κ1) is 22.8. The molecule has 1 aromatic rings. The number of nitrogens with two attached hydrogens (primary N) is 1. The summed E-state index contributed by atoms with van der Waals surface area (Å²) in [5.74, 6) is -1.87. The number of nitrogens with one attached hydrogen (secondary N) is 1. The number of nitrogens with zero attached hydrogens (tertiary/aromatic N) is 3. The number of halogens is 4. The van der Waals surface area contributed by atoms with Gasteiger partial charge in [-0.2, -0.15) is 0 Å². The smallest absolute Gasteiger partial charge is 0.414 e. The summed E-state index contributed by atoms with van der Waals surface area (Å²) < 4.78 is 59.5. The quantitative estimate of drug-likeness (QED) is 0.503. The van der Waals surface area contributed by atoms with Gasteiger partial charge in [0, 0.05) is 25.2 Å². The van der Waals surface area contributed by atoms with E-state index in [0.29, 0.717) is 0 Å². The number of anilines is 2. The normalized spacial score (nSPS) is 19.5. The molecule has 0 radical (unpaired) electrons. The molecule has 9 nitrogen and oxygen atoms in total. The number of carbonyl (C=O) groups is 2. The molecule has 0 bridgehead atoms. The highest BCUT2D eigenvalue weighted by molar-refractivity contribution is 7.80. The molecule has 31 heavy (non-hydrogen) atoms. The summed E-state index contributed by atoms with van der Waals surface area (Å²) in [6.45, 7) is -0.124. The maximum absolute atomic E-state index is 14.8. The van der Waals surface area contributed by atoms with E-state index in [0.717, 1.165) is 22.1 Å². The molecule has 3 rings (SSSR count). The summed E-state index contributed by atoms with van der Waals surface area (Å²) >= 11 is 4.45. The van der Waals surface area contributed by atoms with E-state index < -0.39 is 41.3 Å². The van der Waals surface area contributed by atoms with Gasteiger partial charge in [0.15, 0.2) is 11.6 Å². The van der Waals surface area contributed by atoms with Crippen LogP contribution in [0.5, 0.6) is 0 Å². The molecule has 2 fully saturated rings. The Morgan fingerprint density at radius 3 is 2.55 bits per heavy atom. The molecule has 2 aliphatic heterocycles. The molecule has 14 heteroatoms. The van der Waals surface area contributed by atoms with Gasteiger partial charge < -0.3 is 20.7 Å². The van der Waals surface area contributed by atoms with Gasteiger partial charge in [-0.3, -0.25) is 9.74 Å². The summed E-state index contributed by atoms with van der Waals surface area (Å²) in [5.41, 5.74) is 4.71. The van der Waals surface area contributed by atoms with Crippen LogP contribution in [0.15, 0.2) is 12.1 Å². The van der Waals surface area contributed by atoms with Crippen LogP contribution in [-0.2, 0) is 9.57 Å². The standard InChI is InChI=1S/C17H19F4N5O4S/c18-11-5-9(25-8-10(30-17(25)28)7-23-15(31)14(20)21)6-12(19)13(11)24-1-2-26(16(22)27)29-4-3-24/h5-6,10,14H,1-4,7-8H2,(H2,22,27)(H,23,31)/t10-/m0/s1. The van der Waals surface area contributed by atoms with Gasteiger partial charge in [-0.15, -0.1) is 0 Å². The average molecular weight is 465 g/mol. The van der Waals surface area contributed by atoms with Gasteiger partial charge in [0.25, 0.3) is 6.43 Å². The number of ether oxygens (including phenoxy) is 1. The zero-order valence-corrected chi connectivity index (χ0v) is 16.8. The van der Waals surface area contributed by atoms with Gasteiger partial charge in [-0.25, -0.2) is 32.2 Å². The lowest BCUT2D eigenvalue weighted by atomic mass is 10.2. The van der Waals surface area contributed by atoms with Crippen molar-refractivity contribution >= 4 is 40.7 Å². The lowest BCUT2D eigenvalue weighted by molar-refractivity contribution is -0.102. The molecule has 1 aromatic carbocycles. The minimum atomic E-state index is -2.85. The van der Waals surface area contributed by atoms with Crippen molar-refractivity contribution < 1.29 is 36.7 Å². The monoisotopic (exact) mass is 465 g/mol. The third-order valence-electron chi connectivity index (χ3n) is 4.63. The second-order valence-electron chi connectivity index (χ2n) is 6.68. The molecule has 0 spiro atoms. The second-order valence-corrected chi connectivity index (χ2v) is 7.12. The Kier molecular flexibility index (Phi) is 7.00. The summed E-state index contributed by atoms with van der Waals surface area (Å²) in [4.78, 5) is 30.1. The van der Waals surface area contributed by atoms with Crippen LogP contribution in [0.2, 0.25) is 0 Å². The number of primary amides is 1. The van der Waals surface area contributed by atoms with Crippen LogP contribution in [-0.4, -0.2) is 74.0 Å². The molecule has 0 saturated carbocycles. The first-order valence-corrected chi connectivity index (χ1v) is 9.56. The average Bonchev–Trinajstić information content (AvgIpc) is 2.90. The van der Waals surface area contributed by atoms with Gasteiger partial charge in [0.1, 0.15) is 16.8 Å². The van der Waals surface area contributed by atoms with Crippen LogP contribution in [0.1, 0.15) is 0 Å². The van der Waals surface area contributed by atoms with Crippen molar-refractivity contribution in [3.8, 4) is 0 Å². The number of rotatable bonds is 5. The lowest BCUT2D eigenvalue weighted by Gasteiger charge is -2.24. The van der Waals surface area contributed by atoms with Gasteiger partial charge in [-0.1, -0.05) is 12.2 Å². The number of alkyl halides is 2. The third-order valence-corrected chi connectivity index (χ3v) is 4.96. The maximum Gasteiger partial charge on any atom is 0.414 e. The van der Waals surface area contributed by atoms with Crippen molar-refractivity contribution in [1.82, 2.24) is 10.4 Å². The molecule has 0 aliphatic carbocycles. The van der Waals surface area contributed by atoms with Crippen molar-refractivity contribution in [3.63, 3.8) is 0 Å². The lowest BCUT2D eigenvalue weighted by Crippen LogP contribution is -2.38. The number of amides is 3. The number of hydroxylamine groups is 2. The number of carbonyl (C=O) groups excluding carboxylic acids is 2. The zero-order chi connectivity index (χ0) is 22.7. The van der Waals surface area contributed by atoms with Crippen molar-refractivity contribution in [2.24, 2.45) is 5.73 Å². The van der Waals surface area contributed by atoms with E-state index in [1.54, 1.807) is 0 Å². The van der Waals surface area contributed by atoms with Crippen LogP contribution in [0, 0.1) is 11.6 Å². The summed E-state index contributed by atoms with van der Waals surface area (Å²) in [6, 6.07) is 1.12. The predicted octanol–water partition coefficient (Wildman–Crippen LogP) is 1.60. The van der Waals surface area contributed by atoms with E-state index in [2.05, 4.69) is 17.5 Å². The number of benzene rings is 1. The molecular formula is C17H19F4N5O4S. The topological polar surface area (TPSA) is 100 Å². The Morgan fingerprint density at radius 1 is 1.26 bits per heavy atom. The fraction of sp³-hybridized carbons (Fsp3) is 0.471. The van der Waals surface area contributed by atoms with Crippen LogP contribution in [0.3, 0.4) is 0 Å². The van der Waals surface area contributed by atoms with Gasteiger partial charge in [0.05, 0.1) is 31.9 Å². The largest absolute Gasteiger partial charge is 0.442 e. The molecule has 170 valence electrons. The number of cyclic esters (lactones) is 1. The zero-order valence-electron chi connectivity index (χ0n) is 16.0. The van der Waals surface area contributed by atoms with E-state index in [9.17, 15) is 27.2 Å². The second kappa shape index (κ2) is 9.51. The molecule has 2 saturated heterocycles.